The summed E-state index contributed by atoms with van der Waals surface area (Å²) in [4.78, 5) is 2.65. The second kappa shape index (κ2) is 5.71. The van der Waals surface area contributed by atoms with Crippen molar-refractivity contribution in [2.45, 2.75) is 59.9 Å². The van der Waals surface area contributed by atoms with E-state index >= 15 is 0 Å². The van der Waals surface area contributed by atoms with Crippen LogP contribution < -0.4 is 5.32 Å². The summed E-state index contributed by atoms with van der Waals surface area (Å²) in [5.74, 6) is 0. The average molecular weight is 240 g/mol. The van der Waals surface area contributed by atoms with Crippen molar-refractivity contribution in [2.75, 3.05) is 26.7 Å². The van der Waals surface area contributed by atoms with E-state index in [9.17, 15) is 0 Å². The number of nitrogens with one attached hydrogen (secondary N) is 1. The monoisotopic (exact) mass is 240 g/mol. The smallest absolute Gasteiger partial charge is 0.0125 e. The highest BCUT2D eigenvalue weighted by Crippen LogP contribution is 2.29. The lowest BCUT2D eigenvalue weighted by atomic mass is 9.82. The van der Waals surface area contributed by atoms with Gasteiger partial charge in [-0.1, -0.05) is 34.6 Å². The predicted molar refractivity (Wildman–Crippen MR) is 76.4 cm³/mol. The Hall–Kier alpha value is -0.0800. The quantitative estimate of drug-likeness (QED) is 0.812. The topological polar surface area (TPSA) is 15.3 Å². The van der Waals surface area contributed by atoms with Crippen LogP contribution in [-0.2, 0) is 0 Å². The van der Waals surface area contributed by atoms with Crippen LogP contribution in [0.25, 0.3) is 0 Å². The van der Waals surface area contributed by atoms with Gasteiger partial charge in [0.15, 0.2) is 0 Å². The largest absolute Gasteiger partial charge is 0.316 e. The summed E-state index contributed by atoms with van der Waals surface area (Å²) in [6.07, 6.45) is 4.01. The number of rotatable bonds is 4. The lowest BCUT2D eigenvalue weighted by molar-refractivity contribution is 0.107. The Morgan fingerprint density at radius 3 is 2.41 bits per heavy atom. The molecule has 1 rings (SSSR count). The summed E-state index contributed by atoms with van der Waals surface area (Å²) < 4.78 is 0. The van der Waals surface area contributed by atoms with Crippen molar-refractivity contribution in [3.8, 4) is 0 Å². The van der Waals surface area contributed by atoms with Gasteiger partial charge in [-0.3, -0.25) is 0 Å². The van der Waals surface area contributed by atoms with E-state index in [1.807, 2.05) is 0 Å². The molecule has 1 unspecified atom stereocenters. The molecule has 0 aromatic rings. The molecule has 0 aromatic carbocycles. The van der Waals surface area contributed by atoms with Gasteiger partial charge in [0.25, 0.3) is 0 Å². The molecular formula is C15H32N2. The highest BCUT2D eigenvalue weighted by Gasteiger charge is 2.28. The molecule has 1 N–H and O–H groups in total. The van der Waals surface area contributed by atoms with E-state index in [1.54, 1.807) is 0 Å². The Balaban J connectivity index is 2.39. The zero-order valence-electron chi connectivity index (χ0n) is 12.8. The van der Waals surface area contributed by atoms with Gasteiger partial charge in [0.1, 0.15) is 0 Å². The highest BCUT2D eigenvalue weighted by atomic mass is 15.1. The molecular weight excluding hydrogens is 208 g/mol. The van der Waals surface area contributed by atoms with Crippen molar-refractivity contribution in [1.29, 1.82) is 0 Å². The first-order valence-electron chi connectivity index (χ1n) is 7.14. The van der Waals surface area contributed by atoms with E-state index < -0.39 is 0 Å². The number of piperidine rings is 1. The molecule has 1 saturated heterocycles. The minimum atomic E-state index is 0.361. The zero-order valence-corrected chi connectivity index (χ0v) is 12.8. The highest BCUT2D eigenvalue weighted by molar-refractivity contribution is 4.83. The third-order valence-corrected chi connectivity index (χ3v) is 4.11. The molecule has 0 radical (unpaired) electrons. The van der Waals surface area contributed by atoms with Gasteiger partial charge < -0.3 is 10.2 Å². The maximum absolute atomic E-state index is 3.48. The van der Waals surface area contributed by atoms with E-state index in [0.29, 0.717) is 16.9 Å². The van der Waals surface area contributed by atoms with Gasteiger partial charge in [-0.25, -0.2) is 0 Å². The average Bonchev–Trinajstić information content (AvgIpc) is 2.15. The standard InChI is InChI=1S/C15H32N2/c1-14(2,3)13(16-6)8-11-17-10-7-9-15(4,5)12-17/h13,16H,7-12H2,1-6H3. The minimum Gasteiger partial charge on any atom is -0.316 e. The Morgan fingerprint density at radius 2 is 1.94 bits per heavy atom. The van der Waals surface area contributed by atoms with Gasteiger partial charge in [0.2, 0.25) is 0 Å². The summed E-state index contributed by atoms with van der Waals surface area (Å²) in [6.45, 7) is 15.6. The summed E-state index contributed by atoms with van der Waals surface area (Å²) in [7, 11) is 2.09. The van der Waals surface area contributed by atoms with Gasteiger partial charge in [-0.05, 0) is 50.2 Å². The Morgan fingerprint density at radius 1 is 1.29 bits per heavy atom. The predicted octanol–water partition coefficient (Wildman–Crippen LogP) is 3.13. The maximum Gasteiger partial charge on any atom is 0.0125 e. The number of likely N-dealkylation sites (tertiary alicyclic amines) is 1. The zero-order chi connectivity index (χ0) is 13.1. The molecule has 1 aliphatic heterocycles. The fourth-order valence-electron chi connectivity index (χ4n) is 3.06. The molecule has 17 heavy (non-hydrogen) atoms. The van der Waals surface area contributed by atoms with Crippen LogP contribution in [0.15, 0.2) is 0 Å². The van der Waals surface area contributed by atoms with Crippen LogP contribution in [0.1, 0.15) is 53.9 Å². The van der Waals surface area contributed by atoms with Crippen LogP contribution in [-0.4, -0.2) is 37.6 Å². The fourth-order valence-corrected chi connectivity index (χ4v) is 3.06. The van der Waals surface area contributed by atoms with Gasteiger partial charge in [0, 0.05) is 12.6 Å². The third kappa shape index (κ3) is 4.97. The van der Waals surface area contributed by atoms with Gasteiger partial charge in [-0.2, -0.15) is 0 Å². The molecule has 1 aliphatic rings. The van der Waals surface area contributed by atoms with Crippen LogP contribution >= 0.6 is 0 Å². The van der Waals surface area contributed by atoms with E-state index in [4.69, 9.17) is 0 Å². The summed E-state index contributed by atoms with van der Waals surface area (Å²) in [6, 6.07) is 0.618. The van der Waals surface area contributed by atoms with Crippen LogP contribution in [0.4, 0.5) is 0 Å². The maximum atomic E-state index is 3.48. The number of hydrogen-bond acceptors (Lipinski definition) is 2. The molecule has 0 spiro atoms. The van der Waals surface area contributed by atoms with Crippen molar-refractivity contribution in [1.82, 2.24) is 10.2 Å². The number of nitrogens with zero attached hydrogens (tertiary/aromatic N) is 1. The van der Waals surface area contributed by atoms with Gasteiger partial charge in [0.05, 0.1) is 0 Å². The molecule has 0 aliphatic carbocycles. The first-order chi connectivity index (χ1) is 7.74. The lowest BCUT2D eigenvalue weighted by Crippen LogP contribution is -2.44. The molecule has 1 heterocycles. The van der Waals surface area contributed by atoms with Crippen molar-refractivity contribution < 1.29 is 0 Å². The van der Waals surface area contributed by atoms with Crippen molar-refractivity contribution in [3.05, 3.63) is 0 Å². The summed E-state index contributed by atoms with van der Waals surface area (Å²) >= 11 is 0. The molecule has 1 atom stereocenters. The van der Waals surface area contributed by atoms with Crippen LogP contribution in [0.5, 0.6) is 0 Å². The van der Waals surface area contributed by atoms with Crippen molar-refractivity contribution >= 4 is 0 Å². The molecule has 0 aromatic heterocycles. The van der Waals surface area contributed by atoms with Crippen LogP contribution in [0.2, 0.25) is 0 Å². The normalized spacial score (nSPS) is 23.6. The molecule has 0 bridgehead atoms. The SMILES string of the molecule is CNC(CCN1CCCC(C)(C)C1)C(C)(C)C. The van der Waals surface area contributed by atoms with E-state index in [0.717, 1.165) is 0 Å². The second-order valence-corrected chi connectivity index (χ2v) is 7.54. The first kappa shape index (κ1) is 15.0. The number of hydrogen-bond donors (Lipinski definition) is 1. The first-order valence-corrected chi connectivity index (χ1v) is 7.14. The van der Waals surface area contributed by atoms with Crippen LogP contribution in [0.3, 0.4) is 0 Å². The summed E-state index contributed by atoms with van der Waals surface area (Å²) in [5.41, 5.74) is 0.884. The van der Waals surface area contributed by atoms with Crippen molar-refractivity contribution in [3.63, 3.8) is 0 Å². The third-order valence-electron chi connectivity index (χ3n) is 4.11. The molecule has 2 heteroatoms. The van der Waals surface area contributed by atoms with E-state index in [1.165, 1.54) is 38.9 Å². The lowest BCUT2D eigenvalue weighted by Gasteiger charge is -2.39. The Kier molecular flexibility index (Phi) is 5.03. The Labute approximate surface area is 108 Å². The van der Waals surface area contributed by atoms with E-state index in [-0.39, 0.29) is 0 Å². The van der Waals surface area contributed by atoms with E-state index in [2.05, 4.69) is 51.9 Å². The van der Waals surface area contributed by atoms with Gasteiger partial charge >= 0.3 is 0 Å². The molecule has 0 amide bonds. The van der Waals surface area contributed by atoms with Crippen molar-refractivity contribution in [2.24, 2.45) is 10.8 Å². The van der Waals surface area contributed by atoms with Crippen LogP contribution in [0, 0.1) is 10.8 Å². The van der Waals surface area contributed by atoms with Gasteiger partial charge in [-0.15, -0.1) is 0 Å². The summed E-state index contributed by atoms with van der Waals surface area (Å²) in [5, 5.41) is 3.48. The second-order valence-electron chi connectivity index (χ2n) is 7.54. The fraction of sp³-hybridized carbons (Fsp3) is 1.00. The molecule has 2 nitrogen and oxygen atoms in total. The minimum absolute atomic E-state index is 0.361. The Bertz CT molecular complexity index is 228. The molecule has 102 valence electrons. The molecule has 1 fully saturated rings. The molecule has 0 saturated carbocycles.